The monoisotopic (exact) mass is 373 g/mol. The molecular weight excluding hydrogens is 350 g/mol. The van der Waals surface area contributed by atoms with Crippen LogP contribution in [0.2, 0.25) is 5.02 Å². The molecule has 6 heteroatoms. The van der Waals surface area contributed by atoms with Crippen molar-refractivity contribution in [2.24, 2.45) is 0 Å². The lowest BCUT2D eigenvalue weighted by molar-refractivity contribution is 0.0601. The number of nitrogens with two attached hydrogens (primary N) is 1. The van der Waals surface area contributed by atoms with Gasteiger partial charge in [-0.05, 0) is 30.5 Å². The van der Waals surface area contributed by atoms with E-state index in [2.05, 4.69) is 34.5 Å². The fraction of sp³-hybridized carbons (Fsp3) is 0.350. The number of nitrogen functional groups attached to an aromatic ring is 1. The molecule has 0 aliphatic carbocycles. The number of methoxy groups -OCH3 is 1. The van der Waals surface area contributed by atoms with Gasteiger partial charge in [0.05, 0.1) is 23.4 Å². The summed E-state index contributed by atoms with van der Waals surface area (Å²) in [6.45, 7) is 2.95. The second-order valence-electron chi connectivity index (χ2n) is 6.60. The Labute approximate surface area is 159 Å². The van der Waals surface area contributed by atoms with E-state index < -0.39 is 5.97 Å². The highest BCUT2D eigenvalue weighted by molar-refractivity contribution is 6.34. The first-order valence-corrected chi connectivity index (χ1v) is 9.14. The highest BCUT2D eigenvalue weighted by atomic mass is 35.5. The van der Waals surface area contributed by atoms with Crippen LogP contribution >= 0.6 is 11.6 Å². The molecule has 0 saturated carbocycles. The van der Waals surface area contributed by atoms with Gasteiger partial charge < -0.3 is 15.8 Å². The van der Waals surface area contributed by atoms with E-state index in [9.17, 15) is 4.79 Å². The van der Waals surface area contributed by atoms with Crippen molar-refractivity contribution in [3.63, 3.8) is 0 Å². The minimum absolute atomic E-state index is 0.256. The fourth-order valence-corrected chi connectivity index (χ4v) is 3.61. The molecule has 1 fully saturated rings. The van der Waals surface area contributed by atoms with E-state index in [0.29, 0.717) is 22.0 Å². The minimum atomic E-state index is -0.441. The van der Waals surface area contributed by atoms with Crippen molar-refractivity contribution in [3.8, 4) is 0 Å². The van der Waals surface area contributed by atoms with E-state index in [-0.39, 0.29) is 6.04 Å². The maximum Gasteiger partial charge on any atom is 0.340 e. The third-order valence-electron chi connectivity index (χ3n) is 4.70. The lowest BCUT2D eigenvalue weighted by Crippen LogP contribution is -2.39. The smallest absolute Gasteiger partial charge is 0.340 e. The van der Waals surface area contributed by atoms with Crippen LogP contribution in [0.1, 0.15) is 28.8 Å². The van der Waals surface area contributed by atoms with Crippen LogP contribution < -0.4 is 11.1 Å². The lowest BCUT2D eigenvalue weighted by atomic mass is 10.0. The van der Waals surface area contributed by atoms with Crippen LogP contribution in [-0.4, -0.2) is 37.1 Å². The van der Waals surface area contributed by atoms with Gasteiger partial charge in [-0.3, -0.25) is 4.90 Å². The van der Waals surface area contributed by atoms with E-state index in [4.69, 9.17) is 22.1 Å². The number of halogens is 1. The number of ether oxygens (including phenoxy) is 1. The molecule has 5 nitrogen and oxygen atoms in total. The van der Waals surface area contributed by atoms with E-state index in [1.165, 1.54) is 12.7 Å². The van der Waals surface area contributed by atoms with Crippen LogP contribution in [0.5, 0.6) is 0 Å². The summed E-state index contributed by atoms with van der Waals surface area (Å²) in [6, 6.07) is 14.0. The van der Waals surface area contributed by atoms with Crippen LogP contribution in [0.15, 0.2) is 42.5 Å². The Morgan fingerprint density at radius 1 is 1.27 bits per heavy atom. The number of piperidine rings is 1. The zero-order chi connectivity index (χ0) is 18.5. The molecule has 26 heavy (non-hydrogen) atoms. The molecule has 3 N–H and O–H groups in total. The van der Waals surface area contributed by atoms with E-state index in [1.54, 1.807) is 12.1 Å². The van der Waals surface area contributed by atoms with Crippen molar-refractivity contribution in [2.75, 3.05) is 31.2 Å². The molecule has 0 spiro atoms. The summed E-state index contributed by atoms with van der Waals surface area (Å²) >= 11 is 6.33. The molecule has 0 radical (unpaired) electrons. The Balaban J connectivity index is 1.64. The summed E-state index contributed by atoms with van der Waals surface area (Å²) in [5.41, 5.74) is 8.57. The second-order valence-corrected chi connectivity index (χ2v) is 7.00. The van der Waals surface area contributed by atoms with Gasteiger partial charge in [-0.2, -0.15) is 0 Å². The molecule has 2 aromatic carbocycles. The highest BCUT2D eigenvalue weighted by Gasteiger charge is 2.23. The molecule has 1 saturated heterocycles. The van der Waals surface area contributed by atoms with Crippen molar-refractivity contribution in [1.29, 1.82) is 0 Å². The molecule has 1 aliphatic rings. The Bertz CT molecular complexity index is 759. The summed E-state index contributed by atoms with van der Waals surface area (Å²) < 4.78 is 4.86. The largest absolute Gasteiger partial charge is 0.465 e. The first-order valence-electron chi connectivity index (χ1n) is 8.77. The quantitative estimate of drug-likeness (QED) is 0.616. The summed E-state index contributed by atoms with van der Waals surface area (Å²) in [5, 5.41) is 3.87. The standard InChI is InChI=1S/C20H24ClN3O2/c1-26-20(25)17-11-15(22)12-18(21)19(17)23-16-7-9-24(10-8-16)13-14-5-3-2-4-6-14/h2-6,11-12,16,23H,7-10,13,22H2,1H3. The molecule has 1 aliphatic heterocycles. The first kappa shape index (κ1) is 18.5. The van der Waals surface area contributed by atoms with Gasteiger partial charge in [0, 0.05) is 31.4 Å². The van der Waals surface area contributed by atoms with Crippen LogP contribution in [0.25, 0.3) is 0 Å². The number of carbonyl (C=O) groups excluding carboxylic acids is 1. The molecule has 0 unspecified atom stereocenters. The summed E-state index contributed by atoms with van der Waals surface area (Å²) in [7, 11) is 1.35. The number of anilines is 2. The van der Waals surface area contributed by atoms with Crippen molar-refractivity contribution < 1.29 is 9.53 Å². The summed E-state index contributed by atoms with van der Waals surface area (Å²) in [6.07, 6.45) is 1.96. The van der Waals surface area contributed by atoms with Crippen molar-refractivity contribution >= 4 is 28.9 Å². The Morgan fingerprint density at radius 3 is 2.62 bits per heavy atom. The SMILES string of the molecule is COC(=O)c1cc(N)cc(Cl)c1NC1CCN(Cc2ccccc2)CC1. The fourth-order valence-electron chi connectivity index (χ4n) is 3.33. The average molecular weight is 374 g/mol. The van der Waals surface area contributed by atoms with Crippen LogP contribution in [0.3, 0.4) is 0 Å². The first-order chi connectivity index (χ1) is 12.6. The van der Waals surface area contributed by atoms with Crippen LogP contribution in [0.4, 0.5) is 11.4 Å². The lowest BCUT2D eigenvalue weighted by Gasteiger charge is -2.33. The number of esters is 1. The molecular formula is C20H24ClN3O2. The predicted octanol–water partition coefficient (Wildman–Crippen LogP) is 3.79. The molecule has 0 aromatic heterocycles. The number of benzene rings is 2. The number of nitrogens with one attached hydrogen (secondary N) is 1. The van der Waals surface area contributed by atoms with E-state index >= 15 is 0 Å². The number of rotatable bonds is 5. The van der Waals surface area contributed by atoms with Gasteiger partial charge in [0.15, 0.2) is 0 Å². The number of hydrogen-bond acceptors (Lipinski definition) is 5. The normalized spacial score (nSPS) is 15.6. The number of carbonyl (C=O) groups is 1. The van der Waals surface area contributed by atoms with Gasteiger partial charge in [0.2, 0.25) is 0 Å². The summed E-state index contributed by atoms with van der Waals surface area (Å²) in [4.78, 5) is 14.5. The molecule has 1 heterocycles. The average Bonchev–Trinajstić information content (AvgIpc) is 2.65. The zero-order valence-corrected chi connectivity index (χ0v) is 15.6. The third-order valence-corrected chi connectivity index (χ3v) is 5.00. The molecule has 3 rings (SSSR count). The van der Waals surface area contributed by atoms with Gasteiger partial charge in [0.1, 0.15) is 0 Å². The van der Waals surface area contributed by atoms with Crippen LogP contribution in [0, 0.1) is 0 Å². The topological polar surface area (TPSA) is 67.6 Å². The maximum atomic E-state index is 12.1. The van der Waals surface area contributed by atoms with E-state index in [0.717, 1.165) is 32.5 Å². The maximum absolute atomic E-state index is 12.1. The minimum Gasteiger partial charge on any atom is -0.465 e. The molecule has 138 valence electrons. The van der Waals surface area contributed by atoms with Gasteiger partial charge in [0.25, 0.3) is 0 Å². The van der Waals surface area contributed by atoms with Crippen LogP contribution in [-0.2, 0) is 11.3 Å². The van der Waals surface area contributed by atoms with Gasteiger partial charge in [-0.1, -0.05) is 41.9 Å². The van der Waals surface area contributed by atoms with Crippen molar-refractivity contribution in [3.05, 3.63) is 58.6 Å². The van der Waals surface area contributed by atoms with Crippen molar-refractivity contribution in [1.82, 2.24) is 4.90 Å². The second kappa shape index (κ2) is 8.43. The van der Waals surface area contributed by atoms with Crippen molar-refractivity contribution in [2.45, 2.75) is 25.4 Å². The summed E-state index contributed by atoms with van der Waals surface area (Å²) in [5.74, 6) is -0.441. The number of likely N-dealkylation sites (tertiary alicyclic amines) is 1. The molecule has 2 aromatic rings. The zero-order valence-electron chi connectivity index (χ0n) is 14.9. The van der Waals surface area contributed by atoms with Gasteiger partial charge >= 0.3 is 5.97 Å². The van der Waals surface area contributed by atoms with E-state index in [1.807, 2.05) is 6.07 Å². The molecule has 0 bridgehead atoms. The molecule has 0 atom stereocenters. The Morgan fingerprint density at radius 2 is 1.96 bits per heavy atom. The van der Waals surface area contributed by atoms with Gasteiger partial charge in [-0.25, -0.2) is 4.79 Å². The van der Waals surface area contributed by atoms with Gasteiger partial charge in [-0.15, -0.1) is 0 Å². The highest BCUT2D eigenvalue weighted by Crippen LogP contribution is 2.31. The number of nitrogens with zero attached hydrogens (tertiary/aromatic N) is 1. The molecule has 0 amide bonds. The third kappa shape index (κ3) is 4.48. The Hall–Kier alpha value is -2.24. The predicted molar refractivity (Wildman–Crippen MR) is 106 cm³/mol. The Kier molecular flexibility index (Phi) is 6.01. The number of hydrogen-bond donors (Lipinski definition) is 2.